The summed E-state index contributed by atoms with van der Waals surface area (Å²) in [5.74, 6) is 0.802. The number of para-hydroxylation sites is 1. The molecule has 0 saturated heterocycles. The second kappa shape index (κ2) is 10.3. The molecule has 2 aromatic rings. The van der Waals surface area contributed by atoms with E-state index in [1.54, 1.807) is 12.1 Å². The number of rotatable bonds is 11. The molecule has 0 aromatic heterocycles. The lowest BCUT2D eigenvalue weighted by molar-refractivity contribution is 0.221. The third-order valence-electron chi connectivity index (χ3n) is 4.41. The molecule has 0 radical (unpaired) electrons. The van der Waals surface area contributed by atoms with E-state index >= 15 is 0 Å². The van der Waals surface area contributed by atoms with E-state index in [-0.39, 0.29) is 4.90 Å². The number of nitrogens with two attached hydrogens (primary N) is 1. The second-order valence-electron chi connectivity index (χ2n) is 6.20. The Balaban J connectivity index is 1.91. The minimum absolute atomic E-state index is 0.209. The average Bonchev–Trinajstić information content (AvgIpc) is 2.66. The van der Waals surface area contributed by atoms with E-state index in [9.17, 15) is 8.42 Å². The van der Waals surface area contributed by atoms with Crippen molar-refractivity contribution in [2.45, 2.75) is 25.2 Å². The Hall–Kier alpha value is -2.09. The number of hydrogen-bond acceptors (Lipinski definition) is 5. The van der Waals surface area contributed by atoms with Gasteiger partial charge in [-0.25, -0.2) is 13.1 Å². The highest BCUT2D eigenvalue weighted by Crippen LogP contribution is 2.19. The summed E-state index contributed by atoms with van der Waals surface area (Å²) in [6.45, 7) is 8.02. The van der Waals surface area contributed by atoms with Gasteiger partial charge in [-0.05, 0) is 55.4 Å². The molecule has 6 nitrogen and oxygen atoms in total. The first-order valence-corrected chi connectivity index (χ1v) is 10.7. The van der Waals surface area contributed by atoms with Gasteiger partial charge < -0.3 is 15.4 Å². The predicted octanol–water partition coefficient (Wildman–Crippen LogP) is 2.51. The Labute approximate surface area is 162 Å². The summed E-state index contributed by atoms with van der Waals surface area (Å²) >= 11 is 0. The van der Waals surface area contributed by atoms with Crippen molar-refractivity contribution in [1.29, 1.82) is 0 Å². The van der Waals surface area contributed by atoms with Crippen molar-refractivity contribution in [1.82, 2.24) is 9.62 Å². The molecule has 3 N–H and O–H groups in total. The van der Waals surface area contributed by atoms with Gasteiger partial charge in [-0.1, -0.05) is 32.0 Å². The summed E-state index contributed by atoms with van der Waals surface area (Å²) in [5.41, 5.74) is 7.12. The van der Waals surface area contributed by atoms with Crippen molar-refractivity contribution in [2.24, 2.45) is 0 Å². The van der Waals surface area contributed by atoms with E-state index in [1.165, 1.54) is 12.1 Å². The highest BCUT2D eigenvalue weighted by Gasteiger charge is 2.13. The highest BCUT2D eigenvalue weighted by molar-refractivity contribution is 7.89. The lowest BCUT2D eigenvalue weighted by Gasteiger charge is -2.19. The standard InChI is InChI=1S/C20H29N3O3S/c1-3-23(4-2)15-16-26-20-8-6-5-7-17(20)13-14-22-27(24,25)19-11-9-18(21)10-12-19/h5-12,22H,3-4,13-16,21H2,1-2H3. The van der Waals surface area contributed by atoms with Gasteiger partial charge in [-0.2, -0.15) is 0 Å². The van der Waals surface area contributed by atoms with Crippen LogP contribution in [0.5, 0.6) is 5.75 Å². The molecule has 7 heteroatoms. The van der Waals surface area contributed by atoms with Gasteiger partial charge in [0.25, 0.3) is 0 Å². The number of hydrogen-bond donors (Lipinski definition) is 2. The van der Waals surface area contributed by atoms with Crippen LogP contribution in [-0.2, 0) is 16.4 Å². The molecule has 0 amide bonds. The maximum atomic E-state index is 12.3. The number of nitrogen functional groups attached to an aromatic ring is 1. The van der Waals surface area contributed by atoms with Crippen LogP contribution in [0.1, 0.15) is 19.4 Å². The maximum absolute atomic E-state index is 12.3. The molecule has 0 aliphatic carbocycles. The summed E-state index contributed by atoms with van der Waals surface area (Å²) in [4.78, 5) is 2.50. The van der Waals surface area contributed by atoms with Crippen LogP contribution in [-0.4, -0.2) is 46.1 Å². The number of nitrogens with zero attached hydrogens (tertiary/aromatic N) is 1. The third-order valence-corrected chi connectivity index (χ3v) is 5.89. The molecule has 0 unspecified atom stereocenters. The van der Waals surface area contributed by atoms with E-state index in [1.807, 2.05) is 24.3 Å². The summed E-state index contributed by atoms with van der Waals surface area (Å²) in [6.07, 6.45) is 0.551. The molecule has 0 heterocycles. The van der Waals surface area contributed by atoms with E-state index in [0.717, 1.165) is 30.9 Å². The molecular weight excluding hydrogens is 362 g/mol. The zero-order valence-electron chi connectivity index (χ0n) is 16.0. The van der Waals surface area contributed by atoms with Crippen LogP contribution in [0.4, 0.5) is 5.69 Å². The molecule has 0 spiro atoms. The van der Waals surface area contributed by atoms with E-state index in [0.29, 0.717) is 25.3 Å². The molecule has 148 valence electrons. The molecule has 0 aliphatic heterocycles. The SMILES string of the molecule is CCN(CC)CCOc1ccccc1CCNS(=O)(=O)c1ccc(N)cc1. The van der Waals surface area contributed by atoms with Crippen LogP contribution >= 0.6 is 0 Å². The number of nitrogens with one attached hydrogen (secondary N) is 1. The Morgan fingerprint density at radius 1 is 1.04 bits per heavy atom. The molecule has 0 fully saturated rings. The van der Waals surface area contributed by atoms with Crippen LogP contribution in [0.15, 0.2) is 53.4 Å². The first-order chi connectivity index (χ1) is 13.0. The Bertz CT molecular complexity index is 803. The van der Waals surface area contributed by atoms with Crippen LogP contribution in [0.25, 0.3) is 0 Å². The van der Waals surface area contributed by atoms with Crippen LogP contribution < -0.4 is 15.2 Å². The van der Waals surface area contributed by atoms with Gasteiger partial charge in [0.1, 0.15) is 12.4 Å². The van der Waals surface area contributed by atoms with Crippen LogP contribution in [0, 0.1) is 0 Å². The van der Waals surface area contributed by atoms with Gasteiger partial charge in [-0.3, -0.25) is 0 Å². The predicted molar refractivity (Wildman–Crippen MR) is 109 cm³/mol. The molecule has 0 saturated carbocycles. The smallest absolute Gasteiger partial charge is 0.240 e. The number of anilines is 1. The molecule has 2 rings (SSSR count). The molecule has 0 bridgehead atoms. The average molecular weight is 392 g/mol. The fraction of sp³-hybridized carbons (Fsp3) is 0.400. The Morgan fingerprint density at radius 3 is 2.37 bits per heavy atom. The van der Waals surface area contributed by atoms with E-state index in [4.69, 9.17) is 10.5 Å². The van der Waals surface area contributed by atoms with E-state index in [2.05, 4.69) is 23.5 Å². The summed E-state index contributed by atoms with van der Waals surface area (Å²) in [5, 5.41) is 0. The van der Waals surface area contributed by atoms with E-state index < -0.39 is 10.0 Å². The zero-order chi connectivity index (χ0) is 19.7. The minimum Gasteiger partial charge on any atom is -0.492 e. The van der Waals surface area contributed by atoms with Crippen molar-refractivity contribution in [2.75, 3.05) is 38.5 Å². The number of likely N-dealkylation sites (N-methyl/N-ethyl adjacent to an activating group) is 1. The van der Waals surface area contributed by atoms with Crippen molar-refractivity contribution in [3.05, 3.63) is 54.1 Å². The first-order valence-electron chi connectivity index (χ1n) is 9.24. The summed E-state index contributed by atoms with van der Waals surface area (Å²) in [6, 6.07) is 13.9. The van der Waals surface area contributed by atoms with Gasteiger partial charge in [0.05, 0.1) is 4.90 Å². The fourth-order valence-electron chi connectivity index (χ4n) is 2.73. The van der Waals surface area contributed by atoms with Gasteiger partial charge in [0.15, 0.2) is 0 Å². The molecule has 2 aromatic carbocycles. The largest absolute Gasteiger partial charge is 0.492 e. The number of ether oxygens (including phenoxy) is 1. The van der Waals surface area contributed by atoms with Crippen molar-refractivity contribution in [3.8, 4) is 5.75 Å². The summed E-state index contributed by atoms with van der Waals surface area (Å²) in [7, 11) is -3.55. The van der Waals surface area contributed by atoms with Crippen molar-refractivity contribution < 1.29 is 13.2 Å². The number of benzene rings is 2. The third kappa shape index (κ3) is 6.53. The van der Waals surface area contributed by atoms with Crippen molar-refractivity contribution >= 4 is 15.7 Å². The van der Waals surface area contributed by atoms with Gasteiger partial charge in [0.2, 0.25) is 10.0 Å². The topological polar surface area (TPSA) is 84.7 Å². The normalized spacial score (nSPS) is 11.7. The molecule has 0 atom stereocenters. The van der Waals surface area contributed by atoms with Gasteiger partial charge >= 0.3 is 0 Å². The fourth-order valence-corrected chi connectivity index (χ4v) is 3.76. The molecule has 27 heavy (non-hydrogen) atoms. The highest BCUT2D eigenvalue weighted by atomic mass is 32.2. The zero-order valence-corrected chi connectivity index (χ0v) is 16.8. The maximum Gasteiger partial charge on any atom is 0.240 e. The van der Waals surface area contributed by atoms with Gasteiger partial charge in [0, 0.05) is 18.8 Å². The lowest BCUT2D eigenvalue weighted by atomic mass is 10.1. The quantitative estimate of drug-likeness (QED) is 0.575. The Morgan fingerprint density at radius 2 is 1.70 bits per heavy atom. The van der Waals surface area contributed by atoms with Crippen molar-refractivity contribution in [3.63, 3.8) is 0 Å². The molecule has 0 aliphatic rings. The Kier molecular flexibility index (Phi) is 8.09. The van der Waals surface area contributed by atoms with Gasteiger partial charge in [-0.15, -0.1) is 0 Å². The second-order valence-corrected chi connectivity index (χ2v) is 7.97. The first kappa shape index (κ1) is 21.2. The summed E-state index contributed by atoms with van der Waals surface area (Å²) < 4.78 is 33.2. The van der Waals surface area contributed by atoms with Crippen LogP contribution in [0.2, 0.25) is 0 Å². The molecular formula is C20H29N3O3S. The van der Waals surface area contributed by atoms with Crippen LogP contribution in [0.3, 0.4) is 0 Å². The lowest BCUT2D eigenvalue weighted by Crippen LogP contribution is -2.28. The monoisotopic (exact) mass is 391 g/mol. The number of sulfonamides is 1. The minimum atomic E-state index is -3.55.